The van der Waals surface area contributed by atoms with Gasteiger partial charge in [-0.05, 0) is 32.9 Å². The zero-order chi connectivity index (χ0) is 13.5. The van der Waals surface area contributed by atoms with Gasteiger partial charge in [-0.1, -0.05) is 22.9 Å². The summed E-state index contributed by atoms with van der Waals surface area (Å²) in [4.78, 5) is 0. The summed E-state index contributed by atoms with van der Waals surface area (Å²) in [7, 11) is 0. The number of hydrogen-bond donors (Lipinski definition) is 3. The molecule has 0 aliphatic carbocycles. The van der Waals surface area contributed by atoms with Gasteiger partial charge in [-0.2, -0.15) is 0 Å². The number of amidine groups is 1. The van der Waals surface area contributed by atoms with Crippen LogP contribution < -0.4 is 15.8 Å². The van der Waals surface area contributed by atoms with Crippen LogP contribution in [0, 0.1) is 6.92 Å². The first-order chi connectivity index (χ1) is 8.52. The summed E-state index contributed by atoms with van der Waals surface area (Å²) in [6, 6.07) is 7.80. The zero-order valence-electron chi connectivity index (χ0n) is 11.1. The highest BCUT2D eigenvalue weighted by atomic mass is 16.5. The number of oxime groups is 1. The third kappa shape index (κ3) is 4.63. The molecule has 0 bridgehead atoms. The molecule has 0 fully saturated rings. The van der Waals surface area contributed by atoms with Crippen molar-refractivity contribution in [2.75, 3.05) is 6.61 Å². The summed E-state index contributed by atoms with van der Waals surface area (Å²) in [5, 5.41) is 14.7. The number of ether oxygens (including phenoxy) is 1. The number of nitrogens with one attached hydrogen (secondary N) is 1. The molecule has 2 unspecified atom stereocenters. The molecule has 5 nitrogen and oxygen atoms in total. The first kappa shape index (κ1) is 14.3. The van der Waals surface area contributed by atoms with Crippen LogP contribution in [0.4, 0.5) is 0 Å². The second-order valence-corrected chi connectivity index (χ2v) is 4.44. The average molecular weight is 251 g/mol. The minimum absolute atomic E-state index is 0.0987. The van der Waals surface area contributed by atoms with E-state index in [2.05, 4.69) is 10.5 Å². The Labute approximate surface area is 108 Å². The molecule has 0 saturated carbocycles. The molecule has 0 aromatic heterocycles. The molecule has 0 radical (unpaired) electrons. The summed E-state index contributed by atoms with van der Waals surface area (Å²) in [5.41, 5.74) is 6.69. The van der Waals surface area contributed by atoms with E-state index in [1.165, 1.54) is 5.56 Å². The summed E-state index contributed by atoms with van der Waals surface area (Å²) in [6.07, 6.45) is 0. The predicted octanol–water partition coefficient (Wildman–Crippen LogP) is 1.49. The Bertz CT molecular complexity index is 390. The maximum Gasteiger partial charge on any atom is 0.156 e. The first-order valence-electron chi connectivity index (χ1n) is 5.96. The third-order valence-corrected chi connectivity index (χ3v) is 2.61. The second kappa shape index (κ2) is 6.86. The molecule has 0 saturated heterocycles. The highest BCUT2D eigenvalue weighted by molar-refractivity contribution is 5.84. The van der Waals surface area contributed by atoms with Gasteiger partial charge in [0.15, 0.2) is 5.84 Å². The van der Waals surface area contributed by atoms with Crippen LogP contribution in [-0.2, 0) is 0 Å². The molecule has 1 rings (SSSR count). The topological polar surface area (TPSA) is 79.9 Å². The summed E-state index contributed by atoms with van der Waals surface area (Å²) in [5.74, 6) is 1.00. The van der Waals surface area contributed by atoms with E-state index >= 15 is 0 Å². The zero-order valence-corrected chi connectivity index (χ0v) is 11.1. The first-order valence-corrected chi connectivity index (χ1v) is 5.96. The van der Waals surface area contributed by atoms with Crippen molar-refractivity contribution in [1.29, 1.82) is 0 Å². The summed E-state index contributed by atoms with van der Waals surface area (Å²) < 4.78 is 5.63. The third-order valence-electron chi connectivity index (χ3n) is 2.61. The van der Waals surface area contributed by atoms with Gasteiger partial charge >= 0.3 is 0 Å². The monoisotopic (exact) mass is 251 g/mol. The standard InChI is InChI=1S/C13H21N3O2/c1-9-4-6-12(7-5-9)18-8-10(2)15-11(3)13(14)16-17/h4-7,10-11,15,17H,8H2,1-3H3,(H2,14,16). The fourth-order valence-corrected chi connectivity index (χ4v) is 1.50. The average Bonchev–Trinajstić information content (AvgIpc) is 2.37. The molecule has 0 aliphatic rings. The Morgan fingerprint density at radius 2 is 2.00 bits per heavy atom. The van der Waals surface area contributed by atoms with Crippen LogP contribution in [0.2, 0.25) is 0 Å². The Hall–Kier alpha value is -1.75. The van der Waals surface area contributed by atoms with Crippen molar-refractivity contribution < 1.29 is 9.94 Å². The summed E-state index contributed by atoms with van der Waals surface area (Å²) >= 11 is 0. The molecule has 4 N–H and O–H groups in total. The van der Waals surface area contributed by atoms with Crippen LogP contribution in [0.1, 0.15) is 19.4 Å². The van der Waals surface area contributed by atoms with Crippen LogP contribution in [0.3, 0.4) is 0 Å². The SMILES string of the molecule is Cc1ccc(OCC(C)NC(C)C(N)=NO)cc1. The van der Waals surface area contributed by atoms with Gasteiger partial charge in [-0.15, -0.1) is 0 Å². The molecule has 5 heteroatoms. The van der Waals surface area contributed by atoms with Gasteiger partial charge in [0.1, 0.15) is 12.4 Å². The molecule has 2 atom stereocenters. The van der Waals surface area contributed by atoms with Gasteiger partial charge in [0, 0.05) is 6.04 Å². The van der Waals surface area contributed by atoms with Gasteiger partial charge in [0.05, 0.1) is 6.04 Å². The largest absolute Gasteiger partial charge is 0.492 e. The van der Waals surface area contributed by atoms with Crippen molar-refractivity contribution in [2.45, 2.75) is 32.9 Å². The van der Waals surface area contributed by atoms with Crippen molar-refractivity contribution in [3.05, 3.63) is 29.8 Å². The number of nitrogens with zero attached hydrogens (tertiary/aromatic N) is 1. The van der Waals surface area contributed by atoms with Crippen molar-refractivity contribution in [3.63, 3.8) is 0 Å². The Morgan fingerprint density at radius 3 is 2.56 bits per heavy atom. The van der Waals surface area contributed by atoms with Gasteiger partial charge in [0.2, 0.25) is 0 Å². The van der Waals surface area contributed by atoms with Gasteiger partial charge in [-0.25, -0.2) is 0 Å². The Balaban J connectivity index is 2.37. The second-order valence-electron chi connectivity index (χ2n) is 4.44. The smallest absolute Gasteiger partial charge is 0.156 e. The lowest BCUT2D eigenvalue weighted by Crippen LogP contribution is -2.45. The molecule has 1 aromatic rings. The molecule has 18 heavy (non-hydrogen) atoms. The van der Waals surface area contributed by atoms with E-state index in [-0.39, 0.29) is 17.9 Å². The van der Waals surface area contributed by atoms with E-state index < -0.39 is 0 Å². The fourth-order valence-electron chi connectivity index (χ4n) is 1.50. The van der Waals surface area contributed by atoms with Gasteiger partial charge in [-0.3, -0.25) is 0 Å². The number of aryl methyl sites for hydroxylation is 1. The molecular formula is C13H21N3O2. The van der Waals surface area contributed by atoms with E-state index in [9.17, 15) is 0 Å². The lowest BCUT2D eigenvalue weighted by atomic mass is 10.2. The molecular weight excluding hydrogens is 230 g/mol. The van der Waals surface area contributed by atoms with Crippen molar-refractivity contribution in [2.24, 2.45) is 10.9 Å². The number of hydrogen-bond acceptors (Lipinski definition) is 4. The van der Waals surface area contributed by atoms with E-state index in [0.29, 0.717) is 6.61 Å². The molecule has 100 valence electrons. The number of rotatable bonds is 6. The lowest BCUT2D eigenvalue weighted by Gasteiger charge is -2.19. The van der Waals surface area contributed by atoms with E-state index in [1.54, 1.807) is 0 Å². The van der Waals surface area contributed by atoms with E-state index in [0.717, 1.165) is 5.75 Å². The Morgan fingerprint density at radius 1 is 1.39 bits per heavy atom. The van der Waals surface area contributed by atoms with Crippen LogP contribution in [0.5, 0.6) is 5.75 Å². The van der Waals surface area contributed by atoms with Crippen LogP contribution in [0.15, 0.2) is 29.4 Å². The predicted molar refractivity (Wildman–Crippen MR) is 72.1 cm³/mol. The van der Waals surface area contributed by atoms with Crippen molar-refractivity contribution in [1.82, 2.24) is 5.32 Å². The molecule has 0 amide bonds. The lowest BCUT2D eigenvalue weighted by molar-refractivity contribution is 0.268. The van der Waals surface area contributed by atoms with Crippen LogP contribution in [0.25, 0.3) is 0 Å². The van der Waals surface area contributed by atoms with E-state index in [1.807, 2.05) is 45.0 Å². The van der Waals surface area contributed by atoms with E-state index in [4.69, 9.17) is 15.7 Å². The van der Waals surface area contributed by atoms with Crippen LogP contribution in [-0.4, -0.2) is 29.7 Å². The normalized spacial score (nSPS) is 15.2. The van der Waals surface area contributed by atoms with Gasteiger partial charge in [0.25, 0.3) is 0 Å². The number of nitrogens with two attached hydrogens (primary N) is 1. The quantitative estimate of drug-likeness (QED) is 0.310. The maximum atomic E-state index is 8.54. The van der Waals surface area contributed by atoms with Gasteiger partial charge < -0.3 is 21.0 Å². The van der Waals surface area contributed by atoms with Crippen LogP contribution >= 0.6 is 0 Å². The van der Waals surface area contributed by atoms with Crippen molar-refractivity contribution >= 4 is 5.84 Å². The highest BCUT2D eigenvalue weighted by Crippen LogP contribution is 2.11. The fraction of sp³-hybridized carbons (Fsp3) is 0.462. The molecule has 0 aliphatic heterocycles. The highest BCUT2D eigenvalue weighted by Gasteiger charge is 2.11. The minimum atomic E-state index is -0.188. The molecule has 1 aromatic carbocycles. The number of benzene rings is 1. The van der Waals surface area contributed by atoms with Crippen molar-refractivity contribution in [3.8, 4) is 5.75 Å². The maximum absolute atomic E-state index is 8.54. The Kier molecular flexibility index (Phi) is 5.45. The molecule has 0 spiro atoms. The molecule has 0 heterocycles. The minimum Gasteiger partial charge on any atom is -0.492 e. The summed E-state index contributed by atoms with van der Waals surface area (Å²) in [6.45, 7) is 6.37.